The maximum atomic E-state index is 4.51. The molecule has 1 rings (SSSR count). The number of hydrogen-bond acceptors (Lipinski definition) is 1. The molecule has 0 aromatic heterocycles. The van der Waals surface area contributed by atoms with Gasteiger partial charge in [-0.05, 0) is 18.8 Å². The van der Waals surface area contributed by atoms with Crippen LogP contribution in [0.15, 0.2) is 0 Å². The van der Waals surface area contributed by atoms with Crippen molar-refractivity contribution in [3.05, 3.63) is 0 Å². The van der Waals surface area contributed by atoms with Crippen molar-refractivity contribution >= 4 is 28.6 Å². The van der Waals surface area contributed by atoms with E-state index in [0.717, 1.165) is 11.2 Å². The average Bonchev–Trinajstić information content (AvgIpc) is 1.89. The summed E-state index contributed by atoms with van der Waals surface area (Å²) in [4.78, 5) is 0. The van der Waals surface area contributed by atoms with Gasteiger partial charge in [-0.15, -0.1) is 0 Å². The first-order chi connectivity index (χ1) is 4.34. The third-order valence-corrected chi connectivity index (χ3v) is 3.58. The molecule has 0 N–H and O–H groups in total. The summed E-state index contributed by atoms with van der Waals surface area (Å²) in [6.07, 6.45) is 5.49. The Balaban J connectivity index is 2.30. The Bertz CT molecular complexity index is 85.0. The molecule has 0 aromatic rings. The van der Waals surface area contributed by atoms with Crippen LogP contribution in [0.1, 0.15) is 25.7 Å². The summed E-state index contributed by atoms with van der Waals surface area (Å²) in [5, 5.41) is 1.80. The molecule has 0 aliphatic heterocycles. The van der Waals surface area contributed by atoms with Crippen molar-refractivity contribution in [2.24, 2.45) is 5.92 Å². The second-order valence-corrected chi connectivity index (χ2v) is 4.08. The Labute approximate surface area is 70.9 Å². The summed E-state index contributed by atoms with van der Waals surface area (Å²) >= 11 is 8.01. The summed E-state index contributed by atoms with van der Waals surface area (Å²) in [6, 6.07) is 0. The van der Waals surface area contributed by atoms with Gasteiger partial charge in [0.1, 0.15) is 0 Å². The van der Waals surface area contributed by atoms with Gasteiger partial charge in [-0.1, -0.05) is 28.8 Å². The zero-order chi connectivity index (χ0) is 6.69. The summed E-state index contributed by atoms with van der Waals surface area (Å²) in [7, 11) is 0. The van der Waals surface area contributed by atoms with E-state index in [0.29, 0.717) is 5.25 Å². The second kappa shape index (κ2) is 3.87. The van der Waals surface area contributed by atoms with Crippen LogP contribution in [0, 0.1) is 5.92 Å². The zero-order valence-electron chi connectivity index (χ0n) is 5.52. The van der Waals surface area contributed by atoms with E-state index in [4.69, 9.17) is 0 Å². The topological polar surface area (TPSA) is 0 Å². The molecule has 1 fully saturated rings. The number of thiol groups is 1. The first-order valence-electron chi connectivity index (χ1n) is 3.58. The van der Waals surface area contributed by atoms with E-state index in [1.54, 1.807) is 0 Å². The molecule has 2 atom stereocenters. The highest BCUT2D eigenvalue weighted by molar-refractivity contribution is 9.09. The van der Waals surface area contributed by atoms with Gasteiger partial charge in [-0.25, -0.2) is 0 Å². The second-order valence-electron chi connectivity index (χ2n) is 2.77. The zero-order valence-corrected chi connectivity index (χ0v) is 8.00. The van der Waals surface area contributed by atoms with E-state index in [1.807, 2.05) is 0 Å². The molecule has 54 valence electrons. The van der Waals surface area contributed by atoms with Gasteiger partial charge in [-0.3, -0.25) is 0 Å². The number of rotatable bonds is 1. The Hall–Kier alpha value is 0.830. The Morgan fingerprint density at radius 2 is 2.00 bits per heavy atom. The van der Waals surface area contributed by atoms with Crippen molar-refractivity contribution < 1.29 is 0 Å². The van der Waals surface area contributed by atoms with Crippen molar-refractivity contribution in [1.29, 1.82) is 0 Å². The molecule has 0 spiro atoms. The van der Waals surface area contributed by atoms with Gasteiger partial charge in [0.05, 0.1) is 0 Å². The predicted octanol–water partition coefficient (Wildman–Crippen LogP) is 2.87. The van der Waals surface area contributed by atoms with Gasteiger partial charge in [0.25, 0.3) is 0 Å². The minimum Gasteiger partial charge on any atom is -0.176 e. The number of alkyl halides is 1. The first-order valence-corrected chi connectivity index (χ1v) is 5.22. The monoisotopic (exact) mass is 208 g/mol. The van der Waals surface area contributed by atoms with Crippen LogP contribution in [0.4, 0.5) is 0 Å². The Kier molecular flexibility index (Phi) is 3.41. The lowest BCUT2D eigenvalue weighted by molar-refractivity contribution is 0.407. The lowest BCUT2D eigenvalue weighted by Gasteiger charge is -2.25. The molecular weight excluding hydrogens is 196 g/mol. The van der Waals surface area contributed by atoms with Crippen LogP contribution < -0.4 is 0 Å². The average molecular weight is 209 g/mol. The summed E-state index contributed by atoms with van der Waals surface area (Å²) in [6.45, 7) is 0. The van der Waals surface area contributed by atoms with Gasteiger partial charge in [0.15, 0.2) is 0 Å². The van der Waals surface area contributed by atoms with E-state index in [1.165, 1.54) is 25.7 Å². The summed E-state index contributed by atoms with van der Waals surface area (Å²) in [5.74, 6) is 0.835. The summed E-state index contributed by atoms with van der Waals surface area (Å²) in [5.41, 5.74) is 0. The van der Waals surface area contributed by atoms with Crippen LogP contribution in [-0.4, -0.2) is 10.6 Å². The van der Waals surface area contributed by atoms with Crippen molar-refractivity contribution in [1.82, 2.24) is 0 Å². The quantitative estimate of drug-likeness (QED) is 0.498. The third-order valence-electron chi connectivity index (χ3n) is 2.07. The van der Waals surface area contributed by atoms with Gasteiger partial charge in [-0.2, -0.15) is 12.6 Å². The molecule has 2 heteroatoms. The van der Waals surface area contributed by atoms with Crippen molar-refractivity contribution in [3.8, 4) is 0 Å². The van der Waals surface area contributed by atoms with E-state index < -0.39 is 0 Å². The molecule has 0 radical (unpaired) electrons. The van der Waals surface area contributed by atoms with Crippen molar-refractivity contribution in [2.75, 3.05) is 5.33 Å². The fourth-order valence-corrected chi connectivity index (χ4v) is 2.87. The highest BCUT2D eigenvalue weighted by atomic mass is 79.9. The van der Waals surface area contributed by atoms with Crippen LogP contribution in [0.25, 0.3) is 0 Å². The van der Waals surface area contributed by atoms with Gasteiger partial charge in [0, 0.05) is 10.6 Å². The molecule has 0 aromatic carbocycles. The Morgan fingerprint density at radius 1 is 1.33 bits per heavy atom. The molecule has 2 unspecified atom stereocenters. The van der Waals surface area contributed by atoms with Gasteiger partial charge < -0.3 is 0 Å². The highest BCUT2D eigenvalue weighted by Gasteiger charge is 2.20. The maximum absolute atomic E-state index is 4.51. The van der Waals surface area contributed by atoms with Crippen molar-refractivity contribution in [2.45, 2.75) is 30.9 Å². The largest absolute Gasteiger partial charge is 0.176 e. The van der Waals surface area contributed by atoms with Crippen LogP contribution >= 0.6 is 28.6 Å². The fourth-order valence-electron chi connectivity index (χ4n) is 1.37. The van der Waals surface area contributed by atoms with E-state index in [2.05, 4.69) is 28.6 Å². The molecule has 0 nitrogen and oxygen atoms in total. The molecule has 0 bridgehead atoms. The van der Waals surface area contributed by atoms with Crippen LogP contribution in [-0.2, 0) is 0 Å². The maximum Gasteiger partial charge on any atom is 0.00701 e. The third kappa shape index (κ3) is 2.15. The predicted molar refractivity (Wildman–Crippen MR) is 48.5 cm³/mol. The molecule has 0 amide bonds. The fraction of sp³-hybridized carbons (Fsp3) is 1.00. The van der Waals surface area contributed by atoms with Crippen LogP contribution in [0.5, 0.6) is 0 Å². The summed E-state index contributed by atoms with van der Waals surface area (Å²) < 4.78 is 0. The van der Waals surface area contributed by atoms with Gasteiger partial charge in [0.2, 0.25) is 0 Å². The lowest BCUT2D eigenvalue weighted by Crippen LogP contribution is -2.20. The number of halogens is 1. The number of hydrogen-bond donors (Lipinski definition) is 1. The normalized spacial score (nSPS) is 36.7. The van der Waals surface area contributed by atoms with Gasteiger partial charge >= 0.3 is 0 Å². The SMILES string of the molecule is SC1CCCCC1CBr. The molecule has 0 saturated heterocycles. The van der Waals surface area contributed by atoms with Crippen molar-refractivity contribution in [3.63, 3.8) is 0 Å². The lowest BCUT2D eigenvalue weighted by atomic mass is 9.90. The molecule has 1 aliphatic rings. The molecular formula is C7H13BrS. The Morgan fingerprint density at radius 3 is 2.44 bits per heavy atom. The molecule has 9 heavy (non-hydrogen) atoms. The van der Waals surface area contributed by atoms with E-state index in [9.17, 15) is 0 Å². The minimum atomic E-state index is 0.665. The smallest absolute Gasteiger partial charge is 0.00701 e. The first kappa shape index (κ1) is 7.93. The standard InChI is InChI=1S/C7H13BrS/c8-5-6-3-1-2-4-7(6)9/h6-7,9H,1-5H2. The van der Waals surface area contributed by atoms with E-state index in [-0.39, 0.29) is 0 Å². The highest BCUT2D eigenvalue weighted by Crippen LogP contribution is 2.29. The molecule has 1 aliphatic carbocycles. The molecule has 1 saturated carbocycles. The van der Waals surface area contributed by atoms with Crippen LogP contribution in [0.3, 0.4) is 0 Å². The van der Waals surface area contributed by atoms with Crippen LogP contribution in [0.2, 0.25) is 0 Å². The van der Waals surface area contributed by atoms with E-state index >= 15 is 0 Å². The molecule has 0 heterocycles. The minimum absolute atomic E-state index is 0.665.